The normalized spacial score (nSPS) is 16.1. The number of carboxylic acids is 1. The summed E-state index contributed by atoms with van der Waals surface area (Å²) in [6, 6.07) is 10.7. The van der Waals surface area contributed by atoms with Gasteiger partial charge in [0.15, 0.2) is 0 Å². The topological polar surface area (TPSA) is 75.2 Å². The minimum Gasteiger partial charge on any atom is -0.493 e. The van der Waals surface area contributed by atoms with Crippen LogP contribution in [-0.4, -0.2) is 27.7 Å². The number of aromatic nitrogens is 2. The number of ether oxygens (including phenoxy) is 1. The fraction of sp³-hybridized carbons (Fsp3) is 0.308. The van der Waals surface area contributed by atoms with Gasteiger partial charge in [0, 0.05) is 39.5 Å². The number of alkyl halides is 3. The van der Waals surface area contributed by atoms with E-state index in [1.54, 1.807) is 17.5 Å². The van der Waals surface area contributed by atoms with Crippen LogP contribution in [0.3, 0.4) is 0 Å². The number of nitrogens with one attached hydrogen (secondary N) is 1. The Balaban J connectivity index is 1.33. The van der Waals surface area contributed by atoms with E-state index in [1.807, 2.05) is 18.2 Å². The van der Waals surface area contributed by atoms with E-state index in [-0.39, 0.29) is 12.3 Å². The second kappa shape index (κ2) is 9.37. The summed E-state index contributed by atoms with van der Waals surface area (Å²) in [5.41, 5.74) is 2.54. The number of hydrogen-bond donors (Lipinski definition) is 2. The quantitative estimate of drug-likeness (QED) is 0.285. The van der Waals surface area contributed by atoms with Crippen LogP contribution in [0.15, 0.2) is 48.7 Å². The molecule has 1 aliphatic carbocycles. The zero-order chi connectivity index (χ0) is 24.6. The van der Waals surface area contributed by atoms with Crippen LogP contribution < -0.4 is 4.74 Å². The summed E-state index contributed by atoms with van der Waals surface area (Å²) in [4.78, 5) is 20.2. The second-order valence-electron chi connectivity index (χ2n) is 8.75. The standard InChI is InChI=1S/C26H23F3N2O3S/c27-26(28,29)18-7-5-15(6-8-18)25-31-24-16(3-1-2-4-22(24)35-25)14-34-19-9-10-20-17(11-23(32)33)13-30-21(20)12-19/h5-10,12-13,16,30H,1-4,11,14H2,(H,32,33). The molecule has 182 valence electrons. The molecule has 1 unspecified atom stereocenters. The van der Waals surface area contributed by atoms with Crippen molar-refractivity contribution in [3.05, 3.63) is 70.4 Å². The molecule has 9 heteroatoms. The molecule has 2 aromatic heterocycles. The number of halogens is 3. The summed E-state index contributed by atoms with van der Waals surface area (Å²) in [6.45, 7) is 0.442. The molecule has 2 aromatic carbocycles. The third-order valence-corrected chi connectivity index (χ3v) is 7.49. The first-order valence-corrected chi connectivity index (χ1v) is 12.2. The van der Waals surface area contributed by atoms with E-state index in [9.17, 15) is 18.0 Å². The molecule has 0 amide bonds. The highest BCUT2D eigenvalue weighted by atomic mass is 32.1. The molecule has 0 spiro atoms. The van der Waals surface area contributed by atoms with Crippen LogP contribution in [0.5, 0.6) is 5.75 Å². The molecule has 5 rings (SSSR count). The summed E-state index contributed by atoms with van der Waals surface area (Å²) in [7, 11) is 0. The number of hydrogen-bond acceptors (Lipinski definition) is 4. The molecule has 0 saturated heterocycles. The molecule has 1 aliphatic rings. The average Bonchev–Trinajstić information content (AvgIpc) is 3.37. The Morgan fingerprint density at radius 3 is 2.71 bits per heavy atom. The lowest BCUT2D eigenvalue weighted by atomic mass is 10.0. The van der Waals surface area contributed by atoms with Gasteiger partial charge in [-0.2, -0.15) is 13.2 Å². The molecule has 2 N–H and O–H groups in total. The van der Waals surface area contributed by atoms with Crippen molar-refractivity contribution in [2.75, 3.05) is 6.61 Å². The van der Waals surface area contributed by atoms with Crippen molar-refractivity contribution >= 4 is 28.2 Å². The van der Waals surface area contributed by atoms with Gasteiger partial charge in [-0.3, -0.25) is 4.79 Å². The third kappa shape index (κ3) is 5.05. The van der Waals surface area contributed by atoms with Crippen LogP contribution in [0.4, 0.5) is 13.2 Å². The van der Waals surface area contributed by atoms with Gasteiger partial charge in [0.1, 0.15) is 10.8 Å². The van der Waals surface area contributed by atoms with Crippen molar-refractivity contribution in [2.45, 2.75) is 44.2 Å². The third-order valence-electron chi connectivity index (χ3n) is 6.31. The van der Waals surface area contributed by atoms with Crippen molar-refractivity contribution in [1.29, 1.82) is 0 Å². The maximum atomic E-state index is 12.9. The molecule has 35 heavy (non-hydrogen) atoms. The van der Waals surface area contributed by atoms with Gasteiger partial charge in [0.2, 0.25) is 0 Å². The van der Waals surface area contributed by atoms with Gasteiger partial charge in [-0.15, -0.1) is 11.3 Å². The van der Waals surface area contributed by atoms with Crippen LogP contribution in [0.1, 0.15) is 46.9 Å². The molecule has 2 heterocycles. The van der Waals surface area contributed by atoms with Gasteiger partial charge in [-0.1, -0.05) is 18.6 Å². The molecule has 0 bridgehead atoms. The molecule has 4 aromatic rings. The zero-order valence-corrected chi connectivity index (χ0v) is 19.5. The van der Waals surface area contributed by atoms with Gasteiger partial charge >= 0.3 is 12.1 Å². The lowest BCUT2D eigenvalue weighted by Gasteiger charge is -2.15. The van der Waals surface area contributed by atoms with Gasteiger partial charge in [0.05, 0.1) is 24.3 Å². The number of aryl methyl sites for hydroxylation is 1. The van der Waals surface area contributed by atoms with Crippen LogP contribution >= 0.6 is 11.3 Å². The summed E-state index contributed by atoms with van der Waals surface area (Å²) in [5.74, 6) is -0.103. The SMILES string of the molecule is O=C(O)Cc1c[nH]c2cc(OCC3CCCCc4sc(-c5ccc(C(F)(F)F)cc5)nc43)ccc12. The number of benzene rings is 2. The predicted molar refractivity (Wildman–Crippen MR) is 128 cm³/mol. The van der Waals surface area contributed by atoms with E-state index in [0.717, 1.165) is 65.0 Å². The van der Waals surface area contributed by atoms with Crippen LogP contribution in [-0.2, 0) is 23.8 Å². The Bertz CT molecular complexity index is 1360. The monoisotopic (exact) mass is 500 g/mol. The van der Waals surface area contributed by atoms with Crippen molar-refractivity contribution in [1.82, 2.24) is 9.97 Å². The average molecular weight is 501 g/mol. The number of fused-ring (bicyclic) bond motifs is 2. The number of H-pyrrole nitrogens is 1. The van der Waals surface area contributed by atoms with E-state index < -0.39 is 17.7 Å². The lowest BCUT2D eigenvalue weighted by molar-refractivity contribution is -0.138. The van der Waals surface area contributed by atoms with Crippen molar-refractivity contribution < 1.29 is 27.8 Å². The van der Waals surface area contributed by atoms with E-state index in [1.165, 1.54) is 17.0 Å². The molecule has 0 aliphatic heterocycles. The minimum absolute atomic E-state index is 0.0455. The Morgan fingerprint density at radius 2 is 1.97 bits per heavy atom. The van der Waals surface area contributed by atoms with Crippen molar-refractivity contribution in [3.63, 3.8) is 0 Å². The number of rotatable bonds is 6. The first-order valence-electron chi connectivity index (χ1n) is 11.4. The fourth-order valence-corrected chi connectivity index (χ4v) is 5.72. The molecule has 0 saturated carbocycles. The zero-order valence-electron chi connectivity index (χ0n) is 18.7. The van der Waals surface area contributed by atoms with E-state index in [4.69, 9.17) is 14.8 Å². The largest absolute Gasteiger partial charge is 0.493 e. The summed E-state index contributed by atoms with van der Waals surface area (Å²) >= 11 is 1.55. The Kier molecular flexibility index (Phi) is 6.27. The van der Waals surface area contributed by atoms with Crippen LogP contribution in [0.2, 0.25) is 0 Å². The number of carbonyl (C=O) groups is 1. The molecule has 1 atom stereocenters. The summed E-state index contributed by atoms with van der Waals surface area (Å²) < 4.78 is 44.9. The van der Waals surface area contributed by atoms with Gasteiger partial charge in [-0.05, 0) is 49.1 Å². The van der Waals surface area contributed by atoms with Gasteiger partial charge in [0.25, 0.3) is 0 Å². The maximum Gasteiger partial charge on any atom is 0.416 e. The van der Waals surface area contributed by atoms with Gasteiger partial charge in [-0.25, -0.2) is 4.98 Å². The van der Waals surface area contributed by atoms with Crippen LogP contribution in [0.25, 0.3) is 21.5 Å². The van der Waals surface area contributed by atoms with E-state index in [2.05, 4.69) is 4.98 Å². The number of aromatic amines is 1. The smallest absolute Gasteiger partial charge is 0.416 e. The number of nitrogens with zero attached hydrogens (tertiary/aromatic N) is 1. The Hall–Kier alpha value is -3.33. The first kappa shape index (κ1) is 23.4. The molecule has 0 fully saturated rings. The van der Waals surface area contributed by atoms with Gasteiger partial charge < -0.3 is 14.8 Å². The summed E-state index contributed by atoms with van der Waals surface area (Å²) in [5, 5.41) is 10.7. The summed E-state index contributed by atoms with van der Waals surface area (Å²) in [6.07, 6.45) is 1.23. The minimum atomic E-state index is -4.36. The first-order chi connectivity index (χ1) is 16.8. The number of thiazole rings is 1. The number of aliphatic carboxylic acids is 1. The van der Waals surface area contributed by atoms with E-state index in [0.29, 0.717) is 17.9 Å². The second-order valence-corrected chi connectivity index (χ2v) is 9.83. The lowest BCUT2D eigenvalue weighted by Crippen LogP contribution is -2.11. The highest BCUT2D eigenvalue weighted by Crippen LogP contribution is 2.39. The van der Waals surface area contributed by atoms with Crippen molar-refractivity contribution in [2.24, 2.45) is 0 Å². The highest BCUT2D eigenvalue weighted by Gasteiger charge is 2.30. The molecular formula is C26H23F3N2O3S. The van der Waals surface area contributed by atoms with Crippen LogP contribution in [0, 0.1) is 0 Å². The molecule has 0 radical (unpaired) electrons. The van der Waals surface area contributed by atoms with E-state index >= 15 is 0 Å². The fourth-order valence-electron chi connectivity index (χ4n) is 4.52. The Labute approximate surface area is 203 Å². The molecular weight excluding hydrogens is 477 g/mol. The number of carboxylic acid groups (broad SMARTS) is 1. The molecule has 5 nitrogen and oxygen atoms in total. The Morgan fingerprint density at radius 1 is 1.17 bits per heavy atom. The highest BCUT2D eigenvalue weighted by molar-refractivity contribution is 7.15. The van der Waals surface area contributed by atoms with Crippen molar-refractivity contribution in [3.8, 4) is 16.3 Å². The predicted octanol–water partition coefficient (Wildman–Crippen LogP) is 6.83. The maximum absolute atomic E-state index is 12.9.